The second-order valence-electron chi connectivity index (χ2n) is 6.69. The van der Waals surface area contributed by atoms with E-state index in [2.05, 4.69) is 25.1 Å². The zero-order chi connectivity index (χ0) is 19.3. The van der Waals surface area contributed by atoms with Gasteiger partial charge in [0.1, 0.15) is 0 Å². The van der Waals surface area contributed by atoms with Crippen LogP contribution in [0.3, 0.4) is 0 Å². The van der Waals surface area contributed by atoms with Crippen LogP contribution in [-0.4, -0.2) is 6.21 Å². The van der Waals surface area contributed by atoms with Crippen molar-refractivity contribution < 1.29 is 2.74 Å². The average molecular weight is 331 g/mol. The van der Waals surface area contributed by atoms with E-state index in [1.54, 1.807) is 6.08 Å². The molecule has 0 unspecified atom stereocenters. The molecule has 2 aromatic carbocycles. The van der Waals surface area contributed by atoms with Crippen LogP contribution >= 0.6 is 0 Å². The van der Waals surface area contributed by atoms with E-state index in [0.29, 0.717) is 0 Å². The van der Waals surface area contributed by atoms with Crippen LogP contribution in [0.4, 0.5) is 0 Å². The topological polar surface area (TPSA) is 23.9 Å². The molecular weight excluding hydrogens is 302 g/mol. The number of benzene rings is 2. The first-order valence-corrected chi connectivity index (χ1v) is 9.08. The second-order valence-corrected chi connectivity index (χ2v) is 6.69. The Balaban J connectivity index is 1.87. The predicted octanol–water partition coefficient (Wildman–Crippen LogP) is 6.56. The first-order chi connectivity index (χ1) is 13.0. The molecule has 0 atom stereocenters. The lowest BCUT2D eigenvalue weighted by Crippen LogP contribution is -1.98. The smallest absolute Gasteiger partial charge is 0.0319 e. The Labute approximate surface area is 154 Å². The van der Waals surface area contributed by atoms with Crippen molar-refractivity contribution in [1.29, 1.82) is 5.41 Å². The predicted molar refractivity (Wildman–Crippen MR) is 109 cm³/mol. The van der Waals surface area contributed by atoms with Gasteiger partial charge in [0.2, 0.25) is 0 Å². The molecule has 0 aliphatic heterocycles. The highest BCUT2D eigenvalue weighted by molar-refractivity contribution is 5.91. The Bertz CT molecular complexity index is 826. The van der Waals surface area contributed by atoms with Crippen molar-refractivity contribution in [2.75, 3.05) is 0 Å². The van der Waals surface area contributed by atoms with Crippen molar-refractivity contribution in [3.8, 4) is 0 Å². The van der Waals surface area contributed by atoms with Crippen molar-refractivity contribution in [3.63, 3.8) is 0 Å². The third-order valence-electron chi connectivity index (χ3n) is 4.81. The summed E-state index contributed by atoms with van der Waals surface area (Å²) in [5, 5.41) is 7.50. The Morgan fingerprint density at radius 2 is 1.72 bits per heavy atom. The number of nitrogens with one attached hydrogen (secondary N) is 1. The highest BCUT2D eigenvalue weighted by Crippen LogP contribution is 2.29. The minimum absolute atomic E-state index is 0.125. The van der Waals surface area contributed by atoms with E-state index in [4.69, 9.17) is 8.15 Å². The summed E-state index contributed by atoms with van der Waals surface area (Å²) in [7, 11) is 0. The van der Waals surface area contributed by atoms with Gasteiger partial charge in [0.25, 0.3) is 0 Å². The van der Waals surface area contributed by atoms with Crippen molar-refractivity contribution in [3.05, 3.63) is 83.4 Å². The fourth-order valence-electron chi connectivity index (χ4n) is 3.40. The van der Waals surface area contributed by atoms with Crippen molar-refractivity contribution in [2.45, 2.75) is 39.0 Å². The van der Waals surface area contributed by atoms with E-state index in [1.165, 1.54) is 6.21 Å². The van der Waals surface area contributed by atoms with Gasteiger partial charge < -0.3 is 5.41 Å². The van der Waals surface area contributed by atoms with Crippen LogP contribution < -0.4 is 0 Å². The van der Waals surface area contributed by atoms with E-state index < -0.39 is 6.37 Å². The van der Waals surface area contributed by atoms with Gasteiger partial charge in [0.15, 0.2) is 0 Å². The highest BCUT2D eigenvalue weighted by Gasteiger charge is 2.15. The molecule has 0 spiro atoms. The van der Waals surface area contributed by atoms with Crippen LogP contribution in [0.2, 0.25) is 0 Å². The average Bonchev–Trinajstić information content (AvgIpc) is 3.24. The molecule has 1 aliphatic carbocycles. The van der Waals surface area contributed by atoms with Gasteiger partial charge in [-0.3, -0.25) is 0 Å². The number of allylic oxidation sites excluding steroid dienone is 4. The van der Waals surface area contributed by atoms with E-state index >= 15 is 0 Å². The Kier molecular flexibility index (Phi) is 5.13. The largest absolute Gasteiger partial charge is 0.309 e. The van der Waals surface area contributed by atoms with Gasteiger partial charge in [-0.15, -0.1) is 0 Å². The quantitative estimate of drug-likeness (QED) is 0.458. The Hall–Kier alpha value is -2.41. The molecule has 1 heteroatoms. The first kappa shape index (κ1) is 14.9. The summed E-state index contributed by atoms with van der Waals surface area (Å²) in [6.45, 7) is 2.07. The van der Waals surface area contributed by atoms with Crippen LogP contribution in [0.1, 0.15) is 52.0 Å². The van der Waals surface area contributed by atoms with E-state index in [9.17, 15) is 0 Å². The van der Waals surface area contributed by atoms with Crippen LogP contribution in [0.15, 0.2) is 66.7 Å². The molecule has 128 valence electrons. The summed E-state index contributed by atoms with van der Waals surface area (Å²) >= 11 is 0. The molecule has 0 amide bonds. The molecule has 0 aromatic heterocycles. The van der Waals surface area contributed by atoms with Gasteiger partial charge in [-0.25, -0.2) is 0 Å². The van der Waals surface area contributed by atoms with Gasteiger partial charge in [0, 0.05) is 8.96 Å². The second kappa shape index (κ2) is 8.62. The lowest BCUT2D eigenvalue weighted by atomic mass is 9.95. The van der Waals surface area contributed by atoms with E-state index in [-0.39, 0.29) is 5.92 Å². The van der Waals surface area contributed by atoms with E-state index in [0.717, 1.165) is 53.5 Å². The third kappa shape index (κ3) is 4.79. The molecule has 1 aliphatic rings. The maximum Gasteiger partial charge on any atom is 0.0319 e. The molecule has 3 rings (SSSR count). The lowest BCUT2D eigenvalue weighted by Gasteiger charge is -2.10. The number of hydrogen-bond acceptors (Lipinski definition) is 1. The zero-order valence-corrected chi connectivity index (χ0v) is 14.8. The molecule has 1 fully saturated rings. The van der Waals surface area contributed by atoms with Crippen LogP contribution in [0, 0.1) is 11.3 Å². The summed E-state index contributed by atoms with van der Waals surface area (Å²) in [6.07, 6.45) is 8.13. The molecule has 0 bridgehead atoms. The Morgan fingerprint density at radius 3 is 2.36 bits per heavy atom. The van der Waals surface area contributed by atoms with Crippen molar-refractivity contribution in [2.24, 2.45) is 5.92 Å². The number of hydrogen-bond donors (Lipinski definition) is 1. The standard InChI is InChI=1S/C24H27N/c1-19(22-9-3-2-4-10-22)17-24(15-16-25)23-13-11-21(12-14-23)18-20-7-5-6-8-20/h2-4,9-17,20,25H,5-8,18H2,1H3/b19-17+,24-15+,25-16?/i18D2. The maximum absolute atomic E-state index is 8.55. The first-order valence-electron chi connectivity index (χ1n) is 10.1. The Morgan fingerprint density at radius 1 is 1.04 bits per heavy atom. The molecule has 2 aromatic rings. The lowest BCUT2D eigenvalue weighted by molar-refractivity contribution is 0.546. The molecule has 0 radical (unpaired) electrons. The zero-order valence-electron chi connectivity index (χ0n) is 16.8. The normalized spacial score (nSPS) is 18.0. The SMILES string of the molecule is [2H]C([2H])(c1ccc(C(/C=C(\C)c2ccccc2)=C/C=N)cc1)C1CCCC1. The third-order valence-corrected chi connectivity index (χ3v) is 4.81. The monoisotopic (exact) mass is 331 g/mol. The minimum Gasteiger partial charge on any atom is -0.309 e. The van der Waals surface area contributed by atoms with Crippen molar-refractivity contribution >= 4 is 17.4 Å². The molecule has 1 saturated carbocycles. The summed E-state index contributed by atoms with van der Waals surface area (Å²) in [6, 6.07) is 18.0. The molecule has 0 saturated heterocycles. The van der Waals surface area contributed by atoms with Crippen LogP contribution in [-0.2, 0) is 6.37 Å². The summed E-state index contributed by atoms with van der Waals surface area (Å²) in [5.74, 6) is 0.125. The summed E-state index contributed by atoms with van der Waals surface area (Å²) < 4.78 is 17.1. The number of rotatable bonds is 6. The van der Waals surface area contributed by atoms with E-state index in [1.807, 2.05) is 42.5 Å². The van der Waals surface area contributed by atoms with Crippen LogP contribution in [0.25, 0.3) is 11.1 Å². The highest BCUT2D eigenvalue weighted by atomic mass is 14.3. The maximum atomic E-state index is 8.55. The van der Waals surface area contributed by atoms with Gasteiger partial charge in [0.05, 0.1) is 0 Å². The molecule has 25 heavy (non-hydrogen) atoms. The summed E-state index contributed by atoms with van der Waals surface area (Å²) in [4.78, 5) is 0. The molecule has 0 heterocycles. The fraction of sp³-hybridized carbons (Fsp3) is 0.292. The van der Waals surface area contributed by atoms with Crippen LogP contribution in [0.5, 0.6) is 0 Å². The fourth-order valence-corrected chi connectivity index (χ4v) is 3.40. The van der Waals surface area contributed by atoms with Gasteiger partial charge >= 0.3 is 0 Å². The minimum atomic E-state index is -1.27. The molecular formula is C24H27N. The van der Waals surface area contributed by atoms with Gasteiger partial charge in [-0.05, 0) is 53.1 Å². The summed E-state index contributed by atoms with van der Waals surface area (Å²) in [5.41, 5.74) is 5.01. The molecule has 1 N–H and O–H groups in total. The van der Waals surface area contributed by atoms with Gasteiger partial charge in [-0.2, -0.15) is 0 Å². The van der Waals surface area contributed by atoms with Gasteiger partial charge in [-0.1, -0.05) is 86.4 Å². The van der Waals surface area contributed by atoms with Crippen molar-refractivity contribution in [1.82, 2.24) is 0 Å². The molecule has 1 nitrogen and oxygen atoms in total.